The number of hydrogen-bond acceptors (Lipinski definition) is 2. The summed E-state index contributed by atoms with van der Waals surface area (Å²) in [5.41, 5.74) is 1.78. The molecule has 112 valence electrons. The van der Waals surface area contributed by atoms with Gasteiger partial charge in [0.15, 0.2) is 0 Å². The van der Waals surface area contributed by atoms with Gasteiger partial charge in [-0.2, -0.15) is 0 Å². The standard InChI is InChI=1S/C18H30N2/c1-15(18(2,3)4)19-17-10-12-20(13-11-17)14-16-8-6-5-7-9-16/h5-9,15,17,19H,10-14H2,1-4H3. The van der Waals surface area contributed by atoms with E-state index in [0.717, 1.165) is 6.54 Å². The van der Waals surface area contributed by atoms with Gasteiger partial charge in [0.05, 0.1) is 0 Å². The van der Waals surface area contributed by atoms with Crippen molar-refractivity contribution in [1.82, 2.24) is 10.2 Å². The van der Waals surface area contributed by atoms with Gasteiger partial charge in [-0.3, -0.25) is 4.90 Å². The van der Waals surface area contributed by atoms with Gasteiger partial charge in [-0.15, -0.1) is 0 Å². The normalized spacial score (nSPS) is 20.0. The smallest absolute Gasteiger partial charge is 0.0233 e. The largest absolute Gasteiger partial charge is 0.311 e. The fourth-order valence-corrected chi connectivity index (χ4v) is 2.70. The molecule has 0 radical (unpaired) electrons. The van der Waals surface area contributed by atoms with Gasteiger partial charge in [0.1, 0.15) is 0 Å². The molecule has 0 aromatic heterocycles. The van der Waals surface area contributed by atoms with E-state index in [0.29, 0.717) is 17.5 Å². The van der Waals surface area contributed by atoms with E-state index in [1.54, 1.807) is 0 Å². The molecule has 1 unspecified atom stereocenters. The number of piperidine rings is 1. The second kappa shape index (κ2) is 6.73. The Kier molecular flexibility index (Phi) is 5.22. The highest BCUT2D eigenvalue weighted by atomic mass is 15.1. The van der Waals surface area contributed by atoms with Gasteiger partial charge in [-0.25, -0.2) is 0 Å². The van der Waals surface area contributed by atoms with E-state index in [1.165, 1.54) is 31.5 Å². The van der Waals surface area contributed by atoms with Gasteiger partial charge in [0.25, 0.3) is 0 Å². The van der Waals surface area contributed by atoms with Crippen molar-refractivity contribution in [2.45, 2.75) is 59.2 Å². The van der Waals surface area contributed by atoms with Gasteiger partial charge in [-0.05, 0) is 43.8 Å². The molecule has 0 amide bonds. The first kappa shape index (κ1) is 15.5. The molecule has 1 saturated heterocycles. The number of nitrogens with one attached hydrogen (secondary N) is 1. The number of benzene rings is 1. The van der Waals surface area contributed by atoms with Crippen LogP contribution in [0, 0.1) is 5.41 Å². The minimum atomic E-state index is 0.348. The van der Waals surface area contributed by atoms with Crippen LogP contribution in [-0.4, -0.2) is 30.1 Å². The molecule has 2 nitrogen and oxygen atoms in total. The van der Waals surface area contributed by atoms with Gasteiger partial charge in [0.2, 0.25) is 0 Å². The van der Waals surface area contributed by atoms with Crippen molar-refractivity contribution in [3.05, 3.63) is 35.9 Å². The fourth-order valence-electron chi connectivity index (χ4n) is 2.70. The highest BCUT2D eigenvalue weighted by Crippen LogP contribution is 2.21. The number of hydrogen-bond donors (Lipinski definition) is 1. The summed E-state index contributed by atoms with van der Waals surface area (Å²) in [5.74, 6) is 0. The first-order valence-electron chi connectivity index (χ1n) is 7.97. The summed E-state index contributed by atoms with van der Waals surface area (Å²) in [4.78, 5) is 2.58. The number of likely N-dealkylation sites (tertiary alicyclic amines) is 1. The Morgan fingerprint density at radius 3 is 2.30 bits per heavy atom. The first-order chi connectivity index (χ1) is 9.45. The zero-order valence-electron chi connectivity index (χ0n) is 13.5. The van der Waals surface area contributed by atoms with Crippen molar-refractivity contribution in [3.63, 3.8) is 0 Å². The average Bonchev–Trinajstić information content (AvgIpc) is 2.41. The zero-order chi connectivity index (χ0) is 14.6. The van der Waals surface area contributed by atoms with Crippen molar-refractivity contribution in [1.29, 1.82) is 0 Å². The Labute approximate surface area is 124 Å². The summed E-state index contributed by atoms with van der Waals surface area (Å²) < 4.78 is 0. The molecule has 1 fully saturated rings. The Bertz CT molecular complexity index is 386. The maximum absolute atomic E-state index is 3.82. The summed E-state index contributed by atoms with van der Waals surface area (Å²) in [7, 11) is 0. The van der Waals surface area contributed by atoms with Crippen molar-refractivity contribution < 1.29 is 0 Å². The summed E-state index contributed by atoms with van der Waals surface area (Å²) in [5, 5.41) is 3.82. The predicted molar refractivity (Wildman–Crippen MR) is 86.8 cm³/mol. The molecule has 0 bridgehead atoms. The molecule has 0 aliphatic carbocycles. The lowest BCUT2D eigenvalue weighted by molar-refractivity contribution is 0.166. The van der Waals surface area contributed by atoms with Crippen molar-refractivity contribution >= 4 is 0 Å². The maximum atomic E-state index is 3.82. The quantitative estimate of drug-likeness (QED) is 0.901. The lowest BCUT2D eigenvalue weighted by Gasteiger charge is -2.37. The zero-order valence-corrected chi connectivity index (χ0v) is 13.5. The molecule has 1 heterocycles. The molecule has 1 atom stereocenters. The molecule has 2 heteroatoms. The highest BCUT2D eigenvalue weighted by molar-refractivity contribution is 5.14. The van der Waals surface area contributed by atoms with Gasteiger partial charge < -0.3 is 5.32 Å². The number of rotatable bonds is 4. The van der Waals surface area contributed by atoms with Crippen LogP contribution in [0.25, 0.3) is 0 Å². The molecule has 0 spiro atoms. The second-order valence-electron chi connectivity index (χ2n) is 7.29. The lowest BCUT2D eigenvalue weighted by atomic mass is 9.87. The van der Waals surface area contributed by atoms with Crippen LogP contribution in [0.5, 0.6) is 0 Å². The van der Waals surface area contributed by atoms with E-state index < -0.39 is 0 Å². The fraction of sp³-hybridized carbons (Fsp3) is 0.667. The van der Waals surface area contributed by atoms with E-state index in [-0.39, 0.29) is 0 Å². The minimum absolute atomic E-state index is 0.348. The molecule has 20 heavy (non-hydrogen) atoms. The molecule has 1 aromatic carbocycles. The third-order valence-corrected chi connectivity index (χ3v) is 4.62. The van der Waals surface area contributed by atoms with Crippen LogP contribution in [-0.2, 0) is 6.54 Å². The minimum Gasteiger partial charge on any atom is -0.311 e. The second-order valence-corrected chi connectivity index (χ2v) is 7.29. The Balaban J connectivity index is 1.75. The molecule has 0 saturated carbocycles. The molecular formula is C18H30N2. The van der Waals surface area contributed by atoms with Crippen molar-refractivity contribution in [3.8, 4) is 0 Å². The molecular weight excluding hydrogens is 244 g/mol. The van der Waals surface area contributed by atoms with E-state index in [2.05, 4.69) is 68.2 Å². The molecule has 1 N–H and O–H groups in total. The first-order valence-corrected chi connectivity index (χ1v) is 7.97. The third kappa shape index (κ3) is 4.60. The van der Waals surface area contributed by atoms with Crippen LogP contribution in [0.1, 0.15) is 46.1 Å². The van der Waals surface area contributed by atoms with Crippen molar-refractivity contribution in [2.75, 3.05) is 13.1 Å². The van der Waals surface area contributed by atoms with Crippen LogP contribution < -0.4 is 5.32 Å². The van der Waals surface area contributed by atoms with Crippen LogP contribution >= 0.6 is 0 Å². The summed E-state index contributed by atoms with van der Waals surface area (Å²) in [6.07, 6.45) is 2.54. The van der Waals surface area contributed by atoms with E-state index in [1.807, 2.05) is 0 Å². The monoisotopic (exact) mass is 274 g/mol. The van der Waals surface area contributed by atoms with E-state index in [4.69, 9.17) is 0 Å². The van der Waals surface area contributed by atoms with E-state index >= 15 is 0 Å². The van der Waals surface area contributed by atoms with E-state index in [9.17, 15) is 0 Å². The summed E-state index contributed by atoms with van der Waals surface area (Å²) in [6, 6.07) is 12.1. The van der Waals surface area contributed by atoms with Crippen LogP contribution in [0.4, 0.5) is 0 Å². The van der Waals surface area contributed by atoms with Gasteiger partial charge in [-0.1, -0.05) is 51.1 Å². The SMILES string of the molecule is CC(NC1CCN(Cc2ccccc2)CC1)C(C)(C)C. The van der Waals surface area contributed by atoms with Crippen LogP contribution in [0.2, 0.25) is 0 Å². The average molecular weight is 274 g/mol. The third-order valence-electron chi connectivity index (χ3n) is 4.62. The van der Waals surface area contributed by atoms with Crippen LogP contribution in [0.15, 0.2) is 30.3 Å². The molecule has 1 aliphatic heterocycles. The van der Waals surface area contributed by atoms with Gasteiger partial charge >= 0.3 is 0 Å². The van der Waals surface area contributed by atoms with Crippen LogP contribution in [0.3, 0.4) is 0 Å². The Hall–Kier alpha value is -0.860. The molecule has 2 rings (SSSR count). The Morgan fingerprint density at radius 1 is 1.15 bits per heavy atom. The summed E-state index contributed by atoms with van der Waals surface area (Å²) >= 11 is 0. The highest BCUT2D eigenvalue weighted by Gasteiger charge is 2.25. The van der Waals surface area contributed by atoms with Gasteiger partial charge in [0, 0.05) is 18.6 Å². The molecule has 1 aromatic rings. The molecule has 1 aliphatic rings. The predicted octanol–water partition coefficient (Wildman–Crippen LogP) is 3.68. The maximum Gasteiger partial charge on any atom is 0.0233 e. The Morgan fingerprint density at radius 2 is 1.75 bits per heavy atom. The topological polar surface area (TPSA) is 15.3 Å². The number of nitrogens with zero attached hydrogens (tertiary/aromatic N) is 1. The van der Waals surface area contributed by atoms with Crippen molar-refractivity contribution in [2.24, 2.45) is 5.41 Å². The lowest BCUT2D eigenvalue weighted by Crippen LogP contribution is -2.48. The summed E-state index contributed by atoms with van der Waals surface area (Å²) in [6.45, 7) is 12.8.